The molecule has 0 aromatic carbocycles. The van der Waals surface area contributed by atoms with E-state index in [1.54, 1.807) is 18.4 Å². The summed E-state index contributed by atoms with van der Waals surface area (Å²) in [5, 5.41) is 8.75. The number of hydrogen-bond acceptors (Lipinski definition) is 3. The summed E-state index contributed by atoms with van der Waals surface area (Å²) in [5.74, 6) is 0.998. The van der Waals surface area contributed by atoms with Gasteiger partial charge in [-0.1, -0.05) is 12.2 Å². The standard InChI is InChI=1S/C17H24N4OS/c1-18-17(20-14-4-2-3-5-14)19-9-6-16(22)21-10-7-15-13(12-21)8-11-23-15/h2-3,8,11,14H,4-7,9-10,12H2,1H3,(H2,18,19,20). The van der Waals surface area contributed by atoms with Gasteiger partial charge in [0.1, 0.15) is 0 Å². The highest BCUT2D eigenvalue weighted by atomic mass is 32.1. The first-order chi connectivity index (χ1) is 11.3. The highest BCUT2D eigenvalue weighted by molar-refractivity contribution is 7.10. The van der Waals surface area contributed by atoms with Gasteiger partial charge >= 0.3 is 0 Å². The molecule has 0 unspecified atom stereocenters. The zero-order valence-corrected chi connectivity index (χ0v) is 14.4. The number of fused-ring (bicyclic) bond motifs is 1. The molecular weight excluding hydrogens is 308 g/mol. The highest BCUT2D eigenvalue weighted by Crippen LogP contribution is 2.24. The normalized spacial score (nSPS) is 18.1. The fraction of sp³-hybridized carbons (Fsp3) is 0.529. The maximum absolute atomic E-state index is 12.4. The van der Waals surface area contributed by atoms with Gasteiger partial charge in [-0.25, -0.2) is 0 Å². The minimum Gasteiger partial charge on any atom is -0.356 e. The summed E-state index contributed by atoms with van der Waals surface area (Å²) in [6.07, 6.45) is 7.94. The molecule has 1 aromatic rings. The van der Waals surface area contributed by atoms with Crippen LogP contribution in [0.2, 0.25) is 0 Å². The molecule has 5 nitrogen and oxygen atoms in total. The number of amides is 1. The van der Waals surface area contributed by atoms with E-state index < -0.39 is 0 Å². The van der Waals surface area contributed by atoms with E-state index in [0.29, 0.717) is 19.0 Å². The van der Waals surface area contributed by atoms with E-state index in [1.807, 2.05) is 4.90 Å². The Kier molecular flexibility index (Phi) is 5.33. The smallest absolute Gasteiger partial charge is 0.224 e. The maximum atomic E-state index is 12.4. The summed E-state index contributed by atoms with van der Waals surface area (Å²) < 4.78 is 0. The third-order valence-electron chi connectivity index (χ3n) is 4.36. The Morgan fingerprint density at radius 2 is 2.26 bits per heavy atom. The molecular formula is C17H24N4OS. The first-order valence-electron chi connectivity index (χ1n) is 8.21. The van der Waals surface area contributed by atoms with Crippen molar-refractivity contribution in [3.63, 3.8) is 0 Å². The van der Waals surface area contributed by atoms with Crippen LogP contribution in [0.4, 0.5) is 0 Å². The number of nitrogens with one attached hydrogen (secondary N) is 2. The molecule has 0 radical (unpaired) electrons. The first-order valence-corrected chi connectivity index (χ1v) is 9.09. The second kappa shape index (κ2) is 7.64. The predicted octanol–water partition coefficient (Wildman–Crippen LogP) is 1.91. The molecule has 0 atom stereocenters. The van der Waals surface area contributed by atoms with Crippen LogP contribution in [0.15, 0.2) is 28.6 Å². The first kappa shape index (κ1) is 16.1. The van der Waals surface area contributed by atoms with Crippen LogP contribution in [0.5, 0.6) is 0 Å². The van der Waals surface area contributed by atoms with Crippen LogP contribution in [0.3, 0.4) is 0 Å². The molecule has 6 heteroatoms. The Balaban J connectivity index is 1.40. The van der Waals surface area contributed by atoms with E-state index in [9.17, 15) is 4.79 Å². The molecule has 1 aromatic heterocycles. The van der Waals surface area contributed by atoms with E-state index in [2.05, 4.69) is 39.2 Å². The number of hydrogen-bond donors (Lipinski definition) is 2. The van der Waals surface area contributed by atoms with E-state index in [4.69, 9.17) is 0 Å². The predicted molar refractivity (Wildman–Crippen MR) is 94.7 cm³/mol. The molecule has 2 N–H and O–H groups in total. The number of carbonyl (C=O) groups excluding carboxylic acids is 1. The van der Waals surface area contributed by atoms with Crippen molar-refractivity contribution in [1.82, 2.24) is 15.5 Å². The van der Waals surface area contributed by atoms with Gasteiger partial charge in [0.25, 0.3) is 0 Å². The zero-order valence-electron chi connectivity index (χ0n) is 13.5. The van der Waals surface area contributed by atoms with Crippen molar-refractivity contribution in [2.75, 3.05) is 20.1 Å². The third-order valence-corrected chi connectivity index (χ3v) is 5.39. The van der Waals surface area contributed by atoms with E-state index in [0.717, 1.165) is 38.3 Å². The molecule has 23 heavy (non-hydrogen) atoms. The van der Waals surface area contributed by atoms with Gasteiger partial charge in [0.2, 0.25) is 5.91 Å². The lowest BCUT2D eigenvalue weighted by molar-refractivity contribution is -0.131. The van der Waals surface area contributed by atoms with Gasteiger partial charge in [0.05, 0.1) is 0 Å². The third kappa shape index (κ3) is 4.13. The largest absolute Gasteiger partial charge is 0.356 e. The molecule has 3 rings (SSSR count). The van der Waals surface area contributed by atoms with Crippen LogP contribution in [0.1, 0.15) is 29.7 Å². The maximum Gasteiger partial charge on any atom is 0.224 e. The fourth-order valence-electron chi connectivity index (χ4n) is 3.03. The van der Waals surface area contributed by atoms with Gasteiger partial charge in [-0.15, -0.1) is 11.3 Å². The second-order valence-corrected chi connectivity index (χ2v) is 6.97. The number of rotatable bonds is 4. The van der Waals surface area contributed by atoms with E-state index >= 15 is 0 Å². The van der Waals surface area contributed by atoms with Crippen LogP contribution >= 0.6 is 11.3 Å². The van der Waals surface area contributed by atoms with Crippen LogP contribution in [0.25, 0.3) is 0 Å². The fourth-order valence-corrected chi connectivity index (χ4v) is 3.92. The van der Waals surface area contributed by atoms with Crippen molar-refractivity contribution >= 4 is 23.2 Å². The van der Waals surface area contributed by atoms with Crippen molar-refractivity contribution in [3.05, 3.63) is 34.0 Å². The van der Waals surface area contributed by atoms with Crippen molar-refractivity contribution < 1.29 is 4.79 Å². The quantitative estimate of drug-likeness (QED) is 0.503. The average Bonchev–Trinajstić information content (AvgIpc) is 3.24. The van der Waals surface area contributed by atoms with Gasteiger partial charge in [-0.3, -0.25) is 9.79 Å². The van der Waals surface area contributed by atoms with E-state index in [-0.39, 0.29) is 5.91 Å². The summed E-state index contributed by atoms with van der Waals surface area (Å²) in [5.41, 5.74) is 1.31. The molecule has 0 fully saturated rings. The topological polar surface area (TPSA) is 56.7 Å². The number of carbonyl (C=O) groups is 1. The molecule has 0 spiro atoms. The number of guanidine groups is 1. The molecule has 1 aliphatic heterocycles. The summed E-state index contributed by atoms with van der Waals surface area (Å²) in [7, 11) is 1.77. The van der Waals surface area contributed by atoms with Gasteiger partial charge in [-0.2, -0.15) is 0 Å². The minimum atomic E-state index is 0.215. The summed E-state index contributed by atoms with van der Waals surface area (Å²) in [6, 6.07) is 2.56. The Labute approximate surface area is 141 Å². The Hall–Kier alpha value is -1.82. The van der Waals surface area contributed by atoms with Crippen molar-refractivity contribution in [1.29, 1.82) is 0 Å². The monoisotopic (exact) mass is 332 g/mol. The molecule has 1 amide bonds. The molecule has 1 aliphatic carbocycles. The Morgan fingerprint density at radius 1 is 1.43 bits per heavy atom. The summed E-state index contributed by atoms with van der Waals surface area (Å²) >= 11 is 1.80. The lowest BCUT2D eigenvalue weighted by Crippen LogP contribution is -2.44. The van der Waals surface area contributed by atoms with Crippen molar-refractivity contribution in [2.24, 2.45) is 4.99 Å². The Bertz CT molecular complexity index is 599. The Morgan fingerprint density at radius 3 is 3.04 bits per heavy atom. The summed E-state index contributed by atoms with van der Waals surface area (Å²) in [4.78, 5) is 20.0. The van der Waals surface area contributed by atoms with Crippen LogP contribution < -0.4 is 10.6 Å². The van der Waals surface area contributed by atoms with Gasteiger partial charge < -0.3 is 15.5 Å². The number of thiophene rings is 1. The SMILES string of the molecule is CN=C(NCCC(=O)N1CCc2sccc2C1)NC1CC=CC1. The van der Waals surface area contributed by atoms with Crippen LogP contribution in [-0.4, -0.2) is 42.9 Å². The van der Waals surface area contributed by atoms with Crippen molar-refractivity contribution in [3.8, 4) is 0 Å². The molecule has 2 aliphatic rings. The zero-order chi connectivity index (χ0) is 16.1. The van der Waals surface area contributed by atoms with Crippen LogP contribution in [-0.2, 0) is 17.8 Å². The molecule has 124 valence electrons. The number of nitrogens with zero attached hydrogens (tertiary/aromatic N) is 2. The number of aliphatic imine (C=N–C) groups is 1. The van der Waals surface area contributed by atoms with Crippen molar-refractivity contribution in [2.45, 2.75) is 38.3 Å². The van der Waals surface area contributed by atoms with Gasteiger partial charge in [0.15, 0.2) is 5.96 Å². The second-order valence-electron chi connectivity index (χ2n) is 5.97. The van der Waals surface area contributed by atoms with Gasteiger partial charge in [0, 0.05) is 44.0 Å². The summed E-state index contributed by atoms with van der Waals surface area (Å²) in [6.45, 7) is 2.22. The molecule has 0 saturated heterocycles. The van der Waals surface area contributed by atoms with E-state index in [1.165, 1.54) is 10.4 Å². The van der Waals surface area contributed by atoms with Gasteiger partial charge in [-0.05, 0) is 36.3 Å². The lowest BCUT2D eigenvalue weighted by Gasteiger charge is -2.27. The van der Waals surface area contributed by atoms with Crippen LogP contribution in [0, 0.1) is 0 Å². The molecule has 0 saturated carbocycles. The lowest BCUT2D eigenvalue weighted by atomic mass is 10.1. The molecule has 0 bridgehead atoms. The highest BCUT2D eigenvalue weighted by Gasteiger charge is 2.21. The minimum absolute atomic E-state index is 0.215. The molecule has 2 heterocycles. The average molecular weight is 332 g/mol.